The van der Waals surface area contributed by atoms with E-state index in [1.54, 1.807) is 0 Å². The van der Waals surface area contributed by atoms with Crippen LogP contribution < -0.4 is 0 Å². The summed E-state index contributed by atoms with van der Waals surface area (Å²) in [7, 11) is 2.20. The molecule has 1 saturated carbocycles. The van der Waals surface area contributed by atoms with Crippen LogP contribution in [0.3, 0.4) is 0 Å². The molecular weight excluding hydrogens is 252 g/mol. The fraction of sp³-hybridized carbons (Fsp3) is 0.938. The number of nitriles is 1. The molecule has 1 aliphatic rings. The monoisotopic (exact) mass is 282 g/mol. The van der Waals surface area contributed by atoms with E-state index in [4.69, 9.17) is 0 Å². The molecule has 0 saturated heterocycles. The molecule has 1 aliphatic carbocycles. The molecule has 19 heavy (non-hydrogen) atoms. The van der Waals surface area contributed by atoms with Crippen LogP contribution in [0, 0.1) is 28.6 Å². The van der Waals surface area contributed by atoms with Gasteiger partial charge in [0.25, 0.3) is 0 Å². The Kier molecular flexibility index (Phi) is 6.69. The van der Waals surface area contributed by atoms with Gasteiger partial charge in [-0.3, -0.25) is 0 Å². The molecule has 3 heteroatoms. The van der Waals surface area contributed by atoms with Gasteiger partial charge < -0.3 is 4.90 Å². The third-order valence-electron chi connectivity index (χ3n) is 5.21. The van der Waals surface area contributed by atoms with E-state index in [9.17, 15) is 5.26 Å². The maximum Gasteiger partial charge on any atom is 0.0672 e. The summed E-state index contributed by atoms with van der Waals surface area (Å²) in [6, 6.07) is 3.01. The Balaban J connectivity index is 2.71. The minimum absolute atomic E-state index is 0.232. The number of thioether (sulfide) groups is 1. The lowest BCUT2D eigenvalue weighted by molar-refractivity contribution is 0.0675. The summed E-state index contributed by atoms with van der Waals surface area (Å²) in [6.07, 6.45) is 6.89. The van der Waals surface area contributed by atoms with Crippen molar-refractivity contribution in [2.75, 3.05) is 25.6 Å². The number of hydrogen-bond donors (Lipinski definition) is 0. The Morgan fingerprint density at radius 2 is 2.05 bits per heavy atom. The van der Waals surface area contributed by atoms with Crippen LogP contribution in [0.1, 0.15) is 46.5 Å². The van der Waals surface area contributed by atoms with E-state index in [-0.39, 0.29) is 5.92 Å². The predicted octanol–water partition coefficient (Wildman–Crippen LogP) is 4.03. The minimum atomic E-state index is 0.232. The first-order valence-electron chi connectivity index (χ1n) is 7.55. The van der Waals surface area contributed by atoms with Crippen molar-refractivity contribution in [3.05, 3.63) is 0 Å². The molecular formula is C16H30N2S. The molecule has 0 spiro atoms. The van der Waals surface area contributed by atoms with E-state index in [1.165, 1.54) is 19.3 Å². The van der Waals surface area contributed by atoms with Gasteiger partial charge in [-0.25, -0.2) is 0 Å². The lowest BCUT2D eigenvalue weighted by atomic mass is 9.66. The molecule has 3 unspecified atom stereocenters. The lowest BCUT2D eigenvalue weighted by Crippen LogP contribution is -2.45. The summed E-state index contributed by atoms with van der Waals surface area (Å²) < 4.78 is 0. The van der Waals surface area contributed by atoms with Crippen LogP contribution in [0.4, 0.5) is 0 Å². The number of nitrogens with zero attached hydrogens (tertiary/aromatic N) is 2. The highest BCUT2D eigenvalue weighted by atomic mass is 32.2. The normalized spacial score (nSPS) is 28.4. The highest BCUT2D eigenvalue weighted by molar-refractivity contribution is 7.98. The summed E-state index contributed by atoms with van der Waals surface area (Å²) >= 11 is 1.89. The Morgan fingerprint density at radius 3 is 2.58 bits per heavy atom. The van der Waals surface area contributed by atoms with Crippen LogP contribution in [0.5, 0.6) is 0 Å². The molecule has 0 aromatic carbocycles. The van der Waals surface area contributed by atoms with Gasteiger partial charge in [-0.2, -0.15) is 17.0 Å². The van der Waals surface area contributed by atoms with Crippen molar-refractivity contribution >= 4 is 11.8 Å². The minimum Gasteiger partial charge on any atom is -0.301 e. The molecule has 0 aliphatic heterocycles. The Hall–Kier alpha value is -0.200. The fourth-order valence-electron chi connectivity index (χ4n) is 3.18. The Labute approximate surface area is 123 Å². The van der Waals surface area contributed by atoms with Gasteiger partial charge in [0.05, 0.1) is 12.0 Å². The maximum atomic E-state index is 9.40. The second kappa shape index (κ2) is 7.55. The summed E-state index contributed by atoms with van der Waals surface area (Å²) in [5.41, 5.74) is 0.416. The van der Waals surface area contributed by atoms with Gasteiger partial charge in [0, 0.05) is 18.3 Å². The van der Waals surface area contributed by atoms with Crippen molar-refractivity contribution in [2.45, 2.75) is 52.5 Å². The maximum absolute atomic E-state index is 9.40. The van der Waals surface area contributed by atoms with E-state index in [2.05, 4.69) is 45.0 Å². The second-order valence-corrected chi connectivity index (χ2v) is 7.61. The van der Waals surface area contributed by atoms with Gasteiger partial charge in [0.2, 0.25) is 0 Å². The molecule has 3 atom stereocenters. The van der Waals surface area contributed by atoms with Crippen molar-refractivity contribution in [3.8, 4) is 6.07 Å². The summed E-state index contributed by atoms with van der Waals surface area (Å²) in [4.78, 5) is 2.43. The summed E-state index contributed by atoms with van der Waals surface area (Å²) in [5.74, 6) is 2.16. The first-order chi connectivity index (χ1) is 8.96. The van der Waals surface area contributed by atoms with Crippen LogP contribution in [-0.4, -0.2) is 36.5 Å². The highest BCUT2D eigenvalue weighted by Crippen LogP contribution is 2.43. The highest BCUT2D eigenvalue weighted by Gasteiger charge is 2.38. The molecule has 1 rings (SSSR count). The lowest BCUT2D eigenvalue weighted by Gasteiger charge is -2.44. The molecule has 110 valence electrons. The summed E-state index contributed by atoms with van der Waals surface area (Å²) in [5, 5.41) is 9.40. The van der Waals surface area contributed by atoms with Gasteiger partial charge in [-0.05, 0) is 43.9 Å². The van der Waals surface area contributed by atoms with Crippen LogP contribution in [-0.2, 0) is 0 Å². The number of hydrogen-bond acceptors (Lipinski definition) is 3. The van der Waals surface area contributed by atoms with Gasteiger partial charge in [0.1, 0.15) is 0 Å². The van der Waals surface area contributed by atoms with Gasteiger partial charge in [-0.1, -0.05) is 27.2 Å². The zero-order chi connectivity index (χ0) is 14.5. The third kappa shape index (κ3) is 4.39. The van der Waals surface area contributed by atoms with Crippen molar-refractivity contribution in [3.63, 3.8) is 0 Å². The first kappa shape index (κ1) is 16.9. The van der Waals surface area contributed by atoms with E-state index < -0.39 is 0 Å². The molecule has 0 aromatic heterocycles. The molecule has 0 bridgehead atoms. The van der Waals surface area contributed by atoms with Crippen molar-refractivity contribution < 1.29 is 0 Å². The van der Waals surface area contributed by atoms with Gasteiger partial charge >= 0.3 is 0 Å². The van der Waals surface area contributed by atoms with Crippen LogP contribution >= 0.6 is 11.8 Å². The molecule has 0 heterocycles. The predicted molar refractivity (Wildman–Crippen MR) is 85.3 cm³/mol. The Bertz CT molecular complexity index is 308. The van der Waals surface area contributed by atoms with Crippen molar-refractivity contribution in [1.82, 2.24) is 4.90 Å². The Morgan fingerprint density at radius 1 is 1.37 bits per heavy atom. The van der Waals surface area contributed by atoms with Crippen molar-refractivity contribution in [1.29, 1.82) is 5.26 Å². The summed E-state index contributed by atoms with van der Waals surface area (Å²) in [6.45, 7) is 8.18. The smallest absolute Gasteiger partial charge is 0.0672 e. The zero-order valence-electron chi connectivity index (χ0n) is 13.3. The van der Waals surface area contributed by atoms with E-state index in [0.29, 0.717) is 11.5 Å². The quantitative estimate of drug-likeness (QED) is 0.736. The molecule has 1 fully saturated rings. The molecule has 0 radical (unpaired) electrons. The van der Waals surface area contributed by atoms with Crippen LogP contribution in [0.15, 0.2) is 0 Å². The second-order valence-electron chi connectivity index (χ2n) is 6.63. The van der Waals surface area contributed by atoms with Gasteiger partial charge in [0.15, 0.2) is 0 Å². The van der Waals surface area contributed by atoms with Crippen molar-refractivity contribution in [2.24, 2.45) is 17.3 Å². The first-order valence-corrected chi connectivity index (χ1v) is 8.94. The average Bonchev–Trinajstić information content (AvgIpc) is 2.43. The standard InChI is InChI=1S/C16H30N2S/c1-6-16(2,3)14-8-7-13(12-17)15(11-14)18(4)9-10-19-5/h13-15H,6-11H2,1-5H3. The fourth-order valence-corrected chi connectivity index (χ4v) is 3.65. The van der Waals surface area contributed by atoms with Gasteiger partial charge in [-0.15, -0.1) is 0 Å². The molecule has 0 aromatic rings. The third-order valence-corrected chi connectivity index (χ3v) is 5.80. The largest absolute Gasteiger partial charge is 0.301 e. The average molecular weight is 282 g/mol. The van der Waals surface area contributed by atoms with Crippen LogP contribution in [0.25, 0.3) is 0 Å². The van der Waals surface area contributed by atoms with E-state index in [1.807, 2.05) is 11.8 Å². The SMILES string of the molecule is CCC(C)(C)C1CCC(C#N)C(N(C)CCSC)C1. The van der Waals surface area contributed by atoms with E-state index in [0.717, 1.165) is 24.6 Å². The zero-order valence-corrected chi connectivity index (χ0v) is 14.1. The molecule has 0 amide bonds. The number of rotatable bonds is 6. The topological polar surface area (TPSA) is 27.0 Å². The van der Waals surface area contributed by atoms with Crippen LogP contribution in [0.2, 0.25) is 0 Å². The molecule has 0 N–H and O–H groups in total. The van der Waals surface area contributed by atoms with E-state index >= 15 is 0 Å². The molecule has 2 nitrogen and oxygen atoms in total.